The minimum atomic E-state index is -0.586. The molecular weight excluding hydrogens is 242 g/mol. The van der Waals surface area contributed by atoms with E-state index < -0.39 is 6.10 Å². The van der Waals surface area contributed by atoms with Gasteiger partial charge in [0.2, 0.25) is 5.91 Å². The van der Waals surface area contributed by atoms with Crippen LogP contribution in [0.2, 0.25) is 0 Å². The van der Waals surface area contributed by atoms with Crippen molar-refractivity contribution in [1.82, 2.24) is 4.90 Å². The molecule has 4 nitrogen and oxygen atoms in total. The van der Waals surface area contributed by atoms with Gasteiger partial charge in [-0.2, -0.15) is 0 Å². The molecule has 2 rings (SSSR count). The lowest BCUT2D eigenvalue weighted by atomic mass is 9.95. The summed E-state index contributed by atoms with van der Waals surface area (Å²) in [5.74, 6) is 0.915. The minimum absolute atomic E-state index is 0.00700. The lowest BCUT2D eigenvalue weighted by molar-refractivity contribution is -0.127. The molecule has 1 aliphatic heterocycles. The minimum Gasteiger partial charge on any atom is -0.497 e. The van der Waals surface area contributed by atoms with Crippen molar-refractivity contribution in [2.45, 2.75) is 25.9 Å². The molecule has 0 radical (unpaired) electrons. The molecule has 4 heteroatoms. The van der Waals surface area contributed by atoms with Crippen LogP contribution in [0.25, 0.3) is 0 Å². The molecule has 2 unspecified atom stereocenters. The number of benzene rings is 1. The van der Waals surface area contributed by atoms with Gasteiger partial charge in [0, 0.05) is 25.4 Å². The number of aliphatic hydroxyl groups is 1. The third kappa shape index (κ3) is 3.07. The molecule has 0 aromatic heterocycles. The van der Waals surface area contributed by atoms with Crippen molar-refractivity contribution in [3.8, 4) is 5.75 Å². The summed E-state index contributed by atoms with van der Waals surface area (Å²) < 4.78 is 5.10. The quantitative estimate of drug-likeness (QED) is 0.883. The van der Waals surface area contributed by atoms with Crippen molar-refractivity contribution in [3.05, 3.63) is 29.8 Å². The van der Waals surface area contributed by atoms with E-state index in [9.17, 15) is 9.90 Å². The Labute approximate surface area is 114 Å². The molecule has 1 amide bonds. The maximum Gasteiger partial charge on any atom is 0.223 e. The maximum absolute atomic E-state index is 11.8. The number of hydrogen-bond acceptors (Lipinski definition) is 3. The average molecular weight is 263 g/mol. The van der Waals surface area contributed by atoms with Crippen LogP contribution in [0, 0.1) is 5.92 Å². The molecule has 0 bridgehead atoms. The van der Waals surface area contributed by atoms with Crippen molar-refractivity contribution >= 4 is 5.91 Å². The first-order valence-electron chi connectivity index (χ1n) is 6.75. The van der Waals surface area contributed by atoms with Gasteiger partial charge in [0.25, 0.3) is 0 Å². The van der Waals surface area contributed by atoms with Crippen molar-refractivity contribution in [3.63, 3.8) is 0 Å². The van der Waals surface area contributed by atoms with Gasteiger partial charge >= 0.3 is 0 Å². The number of amides is 1. The summed E-state index contributed by atoms with van der Waals surface area (Å²) in [6, 6.07) is 7.38. The van der Waals surface area contributed by atoms with Crippen LogP contribution < -0.4 is 4.74 Å². The van der Waals surface area contributed by atoms with E-state index in [2.05, 4.69) is 6.92 Å². The number of ether oxygens (including phenoxy) is 1. The topological polar surface area (TPSA) is 49.8 Å². The summed E-state index contributed by atoms with van der Waals surface area (Å²) in [5.41, 5.74) is 0.844. The highest BCUT2D eigenvalue weighted by molar-refractivity contribution is 5.78. The van der Waals surface area contributed by atoms with Gasteiger partial charge in [-0.05, 0) is 24.1 Å². The van der Waals surface area contributed by atoms with Crippen LogP contribution >= 0.6 is 0 Å². The van der Waals surface area contributed by atoms with E-state index in [1.165, 1.54) is 0 Å². The maximum atomic E-state index is 11.8. The molecule has 19 heavy (non-hydrogen) atoms. The van der Waals surface area contributed by atoms with Crippen LogP contribution in [0.5, 0.6) is 5.75 Å². The highest BCUT2D eigenvalue weighted by Gasteiger charge is 2.34. The van der Waals surface area contributed by atoms with Crippen LogP contribution in [0.3, 0.4) is 0 Å². The smallest absolute Gasteiger partial charge is 0.223 e. The van der Waals surface area contributed by atoms with Gasteiger partial charge < -0.3 is 14.7 Å². The van der Waals surface area contributed by atoms with Gasteiger partial charge in [-0.15, -0.1) is 0 Å². The largest absolute Gasteiger partial charge is 0.497 e. The average Bonchev–Trinajstić information content (AvgIpc) is 2.80. The number of carbonyl (C=O) groups is 1. The van der Waals surface area contributed by atoms with Gasteiger partial charge in [0.05, 0.1) is 13.2 Å². The van der Waals surface area contributed by atoms with E-state index in [0.29, 0.717) is 13.0 Å². The Morgan fingerprint density at radius 3 is 2.68 bits per heavy atom. The van der Waals surface area contributed by atoms with E-state index in [0.717, 1.165) is 24.3 Å². The van der Waals surface area contributed by atoms with Gasteiger partial charge in [-0.1, -0.05) is 19.1 Å². The van der Waals surface area contributed by atoms with E-state index in [4.69, 9.17) is 4.74 Å². The predicted octanol–water partition coefficient (Wildman–Crippen LogP) is 1.99. The second-order valence-corrected chi connectivity index (χ2v) is 5.02. The molecule has 1 heterocycles. The number of aliphatic hydroxyl groups excluding tert-OH is 1. The third-order valence-corrected chi connectivity index (χ3v) is 3.64. The lowest BCUT2D eigenvalue weighted by Gasteiger charge is -2.19. The van der Waals surface area contributed by atoms with Crippen LogP contribution in [0.1, 0.15) is 31.4 Å². The Bertz CT molecular complexity index is 430. The summed E-state index contributed by atoms with van der Waals surface area (Å²) in [5, 5.41) is 10.4. The Balaban J connectivity index is 2.03. The summed E-state index contributed by atoms with van der Waals surface area (Å²) in [4.78, 5) is 13.7. The highest BCUT2D eigenvalue weighted by atomic mass is 16.5. The SMILES string of the molecule is CCCN1CC(C(O)c2ccc(OC)cc2)CC1=O. The molecule has 1 saturated heterocycles. The van der Waals surface area contributed by atoms with E-state index in [1.54, 1.807) is 7.11 Å². The van der Waals surface area contributed by atoms with Crippen LogP contribution in [0.15, 0.2) is 24.3 Å². The first kappa shape index (κ1) is 13.9. The molecule has 0 aliphatic carbocycles. The number of likely N-dealkylation sites (tertiary alicyclic amines) is 1. The summed E-state index contributed by atoms with van der Waals surface area (Å²) in [6.45, 7) is 3.49. The molecule has 2 atom stereocenters. The van der Waals surface area contributed by atoms with Crippen LogP contribution in [-0.4, -0.2) is 36.1 Å². The predicted molar refractivity (Wildman–Crippen MR) is 72.9 cm³/mol. The molecule has 1 N–H and O–H groups in total. The zero-order valence-electron chi connectivity index (χ0n) is 11.5. The number of carbonyl (C=O) groups excluding carboxylic acids is 1. The highest BCUT2D eigenvalue weighted by Crippen LogP contribution is 2.31. The Morgan fingerprint density at radius 1 is 1.42 bits per heavy atom. The van der Waals surface area contributed by atoms with Crippen LogP contribution in [0.4, 0.5) is 0 Å². The van der Waals surface area contributed by atoms with Gasteiger partial charge in [-0.25, -0.2) is 0 Å². The van der Waals surface area contributed by atoms with E-state index in [1.807, 2.05) is 29.2 Å². The van der Waals surface area contributed by atoms with Gasteiger partial charge in [-0.3, -0.25) is 4.79 Å². The first-order chi connectivity index (χ1) is 9.15. The van der Waals surface area contributed by atoms with Crippen molar-refractivity contribution in [1.29, 1.82) is 0 Å². The molecule has 1 fully saturated rings. The van der Waals surface area contributed by atoms with Crippen molar-refractivity contribution < 1.29 is 14.6 Å². The van der Waals surface area contributed by atoms with Crippen molar-refractivity contribution in [2.75, 3.05) is 20.2 Å². The second kappa shape index (κ2) is 6.06. The summed E-state index contributed by atoms with van der Waals surface area (Å²) >= 11 is 0. The number of nitrogens with zero attached hydrogens (tertiary/aromatic N) is 1. The standard InChI is InChI=1S/C15H21NO3/c1-3-8-16-10-12(9-14(16)17)15(18)11-4-6-13(19-2)7-5-11/h4-7,12,15,18H,3,8-10H2,1-2H3. The lowest BCUT2D eigenvalue weighted by Crippen LogP contribution is -2.26. The third-order valence-electron chi connectivity index (χ3n) is 3.64. The fourth-order valence-electron chi connectivity index (χ4n) is 2.57. The zero-order chi connectivity index (χ0) is 13.8. The fourth-order valence-corrected chi connectivity index (χ4v) is 2.57. The van der Waals surface area contributed by atoms with Gasteiger partial charge in [0.1, 0.15) is 5.75 Å². The Kier molecular flexibility index (Phi) is 4.43. The molecule has 1 aromatic rings. The molecule has 0 spiro atoms. The Hall–Kier alpha value is -1.55. The first-order valence-corrected chi connectivity index (χ1v) is 6.75. The monoisotopic (exact) mass is 263 g/mol. The van der Waals surface area contributed by atoms with E-state index in [-0.39, 0.29) is 11.8 Å². The number of rotatable bonds is 5. The van der Waals surface area contributed by atoms with Crippen LogP contribution in [-0.2, 0) is 4.79 Å². The molecular formula is C15H21NO3. The fraction of sp³-hybridized carbons (Fsp3) is 0.533. The molecule has 104 valence electrons. The molecule has 0 saturated carbocycles. The summed E-state index contributed by atoms with van der Waals surface area (Å²) in [6.07, 6.45) is 0.807. The van der Waals surface area contributed by atoms with E-state index >= 15 is 0 Å². The summed E-state index contributed by atoms with van der Waals surface area (Å²) in [7, 11) is 1.61. The Morgan fingerprint density at radius 2 is 2.11 bits per heavy atom. The van der Waals surface area contributed by atoms with Gasteiger partial charge in [0.15, 0.2) is 0 Å². The van der Waals surface area contributed by atoms with Crippen molar-refractivity contribution in [2.24, 2.45) is 5.92 Å². The zero-order valence-corrected chi connectivity index (χ0v) is 11.5. The molecule has 1 aromatic carbocycles. The number of methoxy groups -OCH3 is 1. The normalized spacial score (nSPS) is 20.7. The molecule has 1 aliphatic rings. The second-order valence-electron chi connectivity index (χ2n) is 5.02. The number of hydrogen-bond donors (Lipinski definition) is 1.